The number of para-hydroxylation sites is 2. The average Bonchev–Trinajstić information content (AvgIpc) is 3.09. The van der Waals surface area contributed by atoms with Crippen LogP contribution in [0.4, 0.5) is 0 Å². The number of nitrogens with zero attached hydrogens (tertiary/aromatic N) is 4. The van der Waals surface area contributed by atoms with Crippen molar-refractivity contribution in [1.29, 1.82) is 0 Å². The van der Waals surface area contributed by atoms with Gasteiger partial charge in [0, 0.05) is 19.7 Å². The Kier molecular flexibility index (Phi) is 4.83. The molecule has 1 aliphatic heterocycles. The third-order valence-corrected chi connectivity index (χ3v) is 5.93. The van der Waals surface area contributed by atoms with E-state index in [1.807, 2.05) is 36.1 Å². The van der Waals surface area contributed by atoms with E-state index in [2.05, 4.69) is 25.8 Å². The standard InChI is InChI=1S/C22H27N5O2/c1-15-23-19-6-2-3-7-21(19)27(15)13-17-11-20(25-24-17)22(28)26(12-16-8-9-16)14-18-5-4-10-29-18/h2-3,6-7,11,16,18H,4-5,8-10,12-14H2,1H3,(H,24,25)/t18-/m0/s1. The summed E-state index contributed by atoms with van der Waals surface area (Å²) in [5.74, 6) is 1.59. The Morgan fingerprint density at radius 1 is 1.28 bits per heavy atom. The van der Waals surface area contributed by atoms with Gasteiger partial charge in [0.15, 0.2) is 0 Å². The second-order valence-corrected chi connectivity index (χ2v) is 8.30. The molecular formula is C22H27N5O2. The number of carbonyl (C=O) groups excluding carboxylic acids is 1. The molecule has 2 fully saturated rings. The van der Waals surface area contributed by atoms with E-state index in [9.17, 15) is 4.79 Å². The van der Waals surface area contributed by atoms with Crippen molar-refractivity contribution in [3.63, 3.8) is 0 Å². The van der Waals surface area contributed by atoms with E-state index in [0.29, 0.717) is 24.7 Å². The first-order chi connectivity index (χ1) is 14.2. The quantitative estimate of drug-likeness (QED) is 0.669. The van der Waals surface area contributed by atoms with Crippen molar-refractivity contribution in [3.05, 3.63) is 47.5 Å². The third-order valence-electron chi connectivity index (χ3n) is 5.93. The molecule has 0 unspecified atom stereocenters. The minimum absolute atomic E-state index is 0.00195. The smallest absolute Gasteiger partial charge is 0.274 e. The van der Waals surface area contributed by atoms with Gasteiger partial charge in [-0.25, -0.2) is 4.98 Å². The maximum Gasteiger partial charge on any atom is 0.274 e. The predicted molar refractivity (Wildman–Crippen MR) is 110 cm³/mol. The summed E-state index contributed by atoms with van der Waals surface area (Å²) in [6, 6.07) is 9.97. The lowest BCUT2D eigenvalue weighted by Gasteiger charge is -2.24. The number of hydrogen-bond acceptors (Lipinski definition) is 4. The third kappa shape index (κ3) is 3.92. The highest BCUT2D eigenvalue weighted by Gasteiger charge is 2.31. The van der Waals surface area contributed by atoms with E-state index < -0.39 is 0 Å². The van der Waals surface area contributed by atoms with Crippen LogP contribution in [-0.2, 0) is 11.3 Å². The molecule has 2 aromatic heterocycles. The summed E-state index contributed by atoms with van der Waals surface area (Å²) in [5.41, 5.74) is 3.46. The zero-order chi connectivity index (χ0) is 19.8. The molecule has 1 amide bonds. The lowest BCUT2D eigenvalue weighted by atomic mass is 10.2. The Morgan fingerprint density at radius 3 is 2.93 bits per heavy atom. The molecule has 3 heterocycles. The topological polar surface area (TPSA) is 76.0 Å². The fourth-order valence-electron chi connectivity index (χ4n) is 4.17. The SMILES string of the molecule is Cc1nc2ccccc2n1Cc1cc(C(=O)N(CC2CC2)C[C@@H]2CCCO2)n[nH]1. The van der Waals surface area contributed by atoms with E-state index in [-0.39, 0.29) is 12.0 Å². The molecule has 1 N–H and O–H groups in total. The van der Waals surface area contributed by atoms with Gasteiger partial charge in [-0.15, -0.1) is 0 Å². The van der Waals surface area contributed by atoms with Gasteiger partial charge in [-0.3, -0.25) is 9.89 Å². The Balaban J connectivity index is 1.33. The normalized spacial score (nSPS) is 19.1. The van der Waals surface area contributed by atoms with Crippen LogP contribution in [0.1, 0.15) is 47.7 Å². The Hall–Kier alpha value is -2.67. The first kappa shape index (κ1) is 18.4. The molecule has 0 bridgehead atoms. The van der Waals surface area contributed by atoms with Crippen LogP contribution in [0.2, 0.25) is 0 Å². The van der Waals surface area contributed by atoms with Crippen molar-refractivity contribution in [3.8, 4) is 0 Å². The number of rotatable bonds is 7. The van der Waals surface area contributed by atoms with Gasteiger partial charge in [0.25, 0.3) is 5.91 Å². The molecule has 1 aromatic carbocycles. The number of fused-ring (bicyclic) bond motifs is 1. The number of H-pyrrole nitrogens is 1. The maximum atomic E-state index is 13.2. The van der Waals surface area contributed by atoms with Crippen LogP contribution in [0.15, 0.2) is 30.3 Å². The Morgan fingerprint density at radius 2 is 2.14 bits per heavy atom. The van der Waals surface area contributed by atoms with E-state index >= 15 is 0 Å². The van der Waals surface area contributed by atoms with Crippen molar-refractivity contribution in [2.75, 3.05) is 19.7 Å². The van der Waals surface area contributed by atoms with Crippen LogP contribution in [0.25, 0.3) is 11.0 Å². The minimum atomic E-state index is 0.00195. The van der Waals surface area contributed by atoms with E-state index in [0.717, 1.165) is 48.5 Å². The van der Waals surface area contributed by atoms with E-state index in [1.54, 1.807) is 0 Å². The van der Waals surface area contributed by atoms with Gasteiger partial charge in [-0.1, -0.05) is 12.1 Å². The number of imidazole rings is 1. The number of benzene rings is 1. The molecule has 1 aliphatic carbocycles. The molecule has 1 saturated heterocycles. The number of aromatic nitrogens is 4. The molecule has 0 radical (unpaired) electrons. The number of ether oxygens (including phenoxy) is 1. The predicted octanol–water partition coefficient (Wildman–Crippen LogP) is 3.15. The summed E-state index contributed by atoms with van der Waals surface area (Å²) in [5, 5.41) is 7.40. The number of aryl methyl sites for hydroxylation is 1. The van der Waals surface area contributed by atoms with Gasteiger partial charge in [0.05, 0.1) is 29.4 Å². The molecule has 7 heteroatoms. The number of nitrogens with one attached hydrogen (secondary N) is 1. The second kappa shape index (κ2) is 7.63. The summed E-state index contributed by atoms with van der Waals surface area (Å²) in [4.78, 5) is 19.7. The van der Waals surface area contributed by atoms with Crippen LogP contribution in [0.3, 0.4) is 0 Å². The molecule has 1 saturated carbocycles. The first-order valence-corrected chi connectivity index (χ1v) is 10.5. The highest BCUT2D eigenvalue weighted by atomic mass is 16.5. The van der Waals surface area contributed by atoms with Crippen LogP contribution in [0.5, 0.6) is 0 Å². The number of carbonyl (C=O) groups is 1. The Labute approximate surface area is 170 Å². The number of hydrogen-bond donors (Lipinski definition) is 1. The molecular weight excluding hydrogens is 366 g/mol. The van der Waals surface area contributed by atoms with Gasteiger partial charge in [0.2, 0.25) is 0 Å². The largest absolute Gasteiger partial charge is 0.376 e. The number of aromatic amines is 1. The van der Waals surface area contributed by atoms with Crippen molar-refractivity contribution in [1.82, 2.24) is 24.6 Å². The van der Waals surface area contributed by atoms with Crippen molar-refractivity contribution in [2.24, 2.45) is 5.92 Å². The van der Waals surface area contributed by atoms with Crippen molar-refractivity contribution in [2.45, 2.75) is 45.3 Å². The van der Waals surface area contributed by atoms with Crippen LogP contribution < -0.4 is 0 Å². The van der Waals surface area contributed by atoms with Gasteiger partial charge >= 0.3 is 0 Å². The molecule has 2 aliphatic rings. The summed E-state index contributed by atoms with van der Waals surface area (Å²) >= 11 is 0. The summed E-state index contributed by atoms with van der Waals surface area (Å²) in [6.45, 7) is 4.90. The second-order valence-electron chi connectivity index (χ2n) is 8.30. The summed E-state index contributed by atoms with van der Waals surface area (Å²) < 4.78 is 7.91. The molecule has 7 nitrogen and oxygen atoms in total. The molecule has 29 heavy (non-hydrogen) atoms. The molecule has 152 valence electrons. The molecule has 5 rings (SSSR count). The highest BCUT2D eigenvalue weighted by Crippen LogP contribution is 2.30. The molecule has 3 aromatic rings. The van der Waals surface area contributed by atoms with Gasteiger partial charge < -0.3 is 14.2 Å². The lowest BCUT2D eigenvalue weighted by Crippen LogP contribution is -2.39. The van der Waals surface area contributed by atoms with Crippen molar-refractivity contribution >= 4 is 16.9 Å². The van der Waals surface area contributed by atoms with Crippen LogP contribution >= 0.6 is 0 Å². The summed E-state index contributed by atoms with van der Waals surface area (Å²) in [7, 11) is 0. The summed E-state index contributed by atoms with van der Waals surface area (Å²) in [6.07, 6.45) is 4.71. The van der Waals surface area contributed by atoms with Gasteiger partial charge in [-0.2, -0.15) is 5.10 Å². The number of amides is 1. The van der Waals surface area contributed by atoms with E-state index in [4.69, 9.17) is 4.74 Å². The Bertz CT molecular complexity index is 1010. The van der Waals surface area contributed by atoms with Gasteiger partial charge in [0.1, 0.15) is 11.5 Å². The maximum absolute atomic E-state index is 13.2. The monoisotopic (exact) mass is 393 g/mol. The van der Waals surface area contributed by atoms with Crippen LogP contribution in [0, 0.1) is 12.8 Å². The van der Waals surface area contributed by atoms with E-state index in [1.165, 1.54) is 12.8 Å². The molecule has 0 spiro atoms. The lowest BCUT2D eigenvalue weighted by molar-refractivity contribution is 0.0510. The highest BCUT2D eigenvalue weighted by molar-refractivity contribution is 5.92. The minimum Gasteiger partial charge on any atom is -0.376 e. The fraction of sp³-hybridized carbons (Fsp3) is 0.500. The average molecular weight is 393 g/mol. The van der Waals surface area contributed by atoms with Gasteiger partial charge in [-0.05, 0) is 56.7 Å². The zero-order valence-corrected chi connectivity index (χ0v) is 16.8. The first-order valence-electron chi connectivity index (χ1n) is 10.5. The van der Waals surface area contributed by atoms with Crippen molar-refractivity contribution < 1.29 is 9.53 Å². The zero-order valence-electron chi connectivity index (χ0n) is 16.8. The molecule has 1 atom stereocenters. The van der Waals surface area contributed by atoms with Crippen LogP contribution in [-0.4, -0.2) is 56.4 Å². The fourth-order valence-corrected chi connectivity index (χ4v) is 4.17.